The summed E-state index contributed by atoms with van der Waals surface area (Å²) in [4.78, 5) is 8.83. The Morgan fingerprint density at radius 1 is 1.21 bits per heavy atom. The summed E-state index contributed by atoms with van der Waals surface area (Å²) in [5, 5.41) is 6.24. The monoisotopic (exact) mass is 224 g/mol. The van der Waals surface area contributed by atoms with E-state index in [1.54, 1.807) is 22.7 Å². The standard InChI is InChI=1S/C10H12N2S2/c1-10(2,3)9-12-7(6-14-9)8-11-4-5-13-8/h4-6H,1-3H3. The summed E-state index contributed by atoms with van der Waals surface area (Å²) >= 11 is 3.34. The van der Waals surface area contributed by atoms with Crippen LogP contribution in [0.3, 0.4) is 0 Å². The molecule has 0 aromatic carbocycles. The second-order valence-corrected chi connectivity index (χ2v) is 5.88. The Morgan fingerprint density at radius 2 is 2.00 bits per heavy atom. The van der Waals surface area contributed by atoms with Crippen LogP contribution in [0, 0.1) is 0 Å². The molecule has 2 nitrogen and oxygen atoms in total. The molecule has 0 spiro atoms. The summed E-state index contributed by atoms with van der Waals surface area (Å²) in [6.07, 6.45) is 1.82. The molecule has 2 aromatic rings. The lowest BCUT2D eigenvalue weighted by Gasteiger charge is -2.13. The largest absolute Gasteiger partial charge is 0.243 e. The van der Waals surface area contributed by atoms with Crippen molar-refractivity contribution in [1.82, 2.24) is 9.97 Å². The zero-order chi connectivity index (χ0) is 10.2. The summed E-state index contributed by atoms with van der Waals surface area (Å²) in [7, 11) is 0. The fourth-order valence-electron chi connectivity index (χ4n) is 1.07. The summed E-state index contributed by atoms with van der Waals surface area (Å²) in [5.74, 6) is 0. The van der Waals surface area contributed by atoms with Gasteiger partial charge in [-0.3, -0.25) is 0 Å². The Morgan fingerprint density at radius 3 is 2.50 bits per heavy atom. The van der Waals surface area contributed by atoms with Crippen LogP contribution in [0.15, 0.2) is 17.0 Å². The first-order valence-electron chi connectivity index (χ1n) is 4.43. The van der Waals surface area contributed by atoms with Gasteiger partial charge in [0.05, 0.1) is 5.01 Å². The molecule has 2 rings (SSSR count). The van der Waals surface area contributed by atoms with Gasteiger partial charge >= 0.3 is 0 Å². The molecule has 0 atom stereocenters. The molecule has 0 N–H and O–H groups in total. The van der Waals surface area contributed by atoms with Crippen molar-refractivity contribution in [3.05, 3.63) is 22.0 Å². The summed E-state index contributed by atoms with van der Waals surface area (Å²) < 4.78 is 0. The number of aromatic nitrogens is 2. The molecule has 14 heavy (non-hydrogen) atoms. The van der Waals surface area contributed by atoms with Gasteiger partial charge in [-0.25, -0.2) is 9.97 Å². The van der Waals surface area contributed by atoms with Gasteiger partial charge < -0.3 is 0 Å². The maximum Gasteiger partial charge on any atom is 0.142 e. The van der Waals surface area contributed by atoms with E-state index >= 15 is 0 Å². The highest BCUT2D eigenvalue weighted by molar-refractivity contribution is 7.14. The van der Waals surface area contributed by atoms with Gasteiger partial charge in [0, 0.05) is 22.4 Å². The molecule has 4 heteroatoms. The fraction of sp³-hybridized carbons (Fsp3) is 0.400. The highest BCUT2D eigenvalue weighted by Gasteiger charge is 2.18. The van der Waals surface area contributed by atoms with Gasteiger partial charge in [-0.05, 0) is 0 Å². The van der Waals surface area contributed by atoms with Gasteiger partial charge in [0.1, 0.15) is 10.7 Å². The van der Waals surface area contributed by atoms with Crippen LogP contribution in [-0.4, -0.2) is 9.97 Å². The van der Waals surface area contributed by atoms with Crippen molar-refractivity contribution in [2.24, 2.45) is 0 Å². The highest BCUT2D eigenvalue weighted by Crippen LogP contribution is 2.30. The van der Waals surface area contributed by atoms with Crippen molar-refractivity contribution in [1.29, 1.82) is 0 Å². The van der Waals surface area contributed by atoms with Crippen LogP contribution < -0.4 is 0 Å². The van der Waals surface area contributed by atoms with Crippen LogP contribution in [0.25, 0.3) is 10.7 Å². The first-order valence-corrected chi connectivity index (χ1v) is 6.19. The third kappa shape index (κ3) is 1.86. The first-order chi connectivity index (χ1) is 6.57. The zero-order valence-corrected chi connectivity index (χ0v) is 10.1. The van der Waals surface area contributed by atoms with E-state index in [9.17, 15) is 0 Å². The van der Waals surface area contributed by atoms with Crippen LogP contribution in [0.2, 0.25) is 0 Å². The van der Waals surface area contributed by atoms with E-state index in [0.29, 0.717) is 0 Å². The molecular weight excluding hydrogens is 212 g/mol. The third-order valence-corrected chi connectivity index (χ3v) is 3.86. The average Bonchev–Trinajstić information content (AvgIpc) is 2.73. The molecule has 2 aromatic heterocycles. The molecule has 0 saturated carbocycles. The average molecular weight is 224 g/mol. The molecule has 2 heterocycles. The van der Waals surface area contributed by atoms with Gasteiger partial charge in [0.25, 0.3) is 0 Å². The summed E-state index contributed by atoms with van der Waals surface area (Å²) in [6, 6.07) is 0. The van der Waals surface area contributed by atoms with Gasteiger partial charge in [0.2, 0.25) is 0 Å². The number of rotatable bonds is 1. The van der Waals surface area contributed by atoms with E-state index in [1.165, 1.54) is 5.01 Å². The maximum atomic E-state index is 4.59. The molecule has 0 aliphatic rings. The van der Waals surface area contributed by atoms with Crippen molar-refractivity contribution in [2.45, 2.75) is 26.2 Å². The minimum atomic E-state index is 0.139. The molecule has 0 aliphatic heterocycles. The molecule has 0 radical (unpaired) electrons. The number of hydrogen-bond donors (Lipinski definition) is 0. The summed E-state index contributed by atoms with van der Waals surface area (Å²) in [6.45, 7) is 6.53. The molecule has 0 fully saturated rings. The van der Waals surface area contributed by atoms with E-state index in [-0.39, 0.29) is 5.41 Å². The Labute approximate surface area is 91.7 Å². The molecule has 0 unspecified atom stereocenters. The minimum absolute atomic E-state index is 0.139. The third-order valence-electron chi connectivity index (χ3n) is 1.80. The molecular formula is C10H12N2S2. The second kappa shape index (κ2) is 3.44. The smallest absolute Gasteiger partial charge is 0.142 e. The molecule has 0 saturated heterocycles. The Balaban J connectivity index is 2.36. The van der Waals surface area contributed by atoms with Crippen molar-refractivity contribution in [2.75, 3.05) is 0 Å². The van der Waals surface area contributed by atoms with E-state index < -0.39 is 0 Å². The topological polar surface area (TPSA) is 25.8 Å². The van der Waals surface area contributed by atoms with Gasteiger partial charge in [-0.1, -0.05) is 20.8 Å². The lowest BCUT2D eigenvalue weighted by Crippen LogP contribution is -2.10. The first kappa shape index (κ1) is 9.80. The fourth-order valence-corrected chi connectivity index (χ4v) is 2.63. The van der Waals surface area contributed by atoms with Gasteiger partial charge in [0.15, 0.2) is 0 Å². The van der Waals surface area contributed by atoms with E-state index in [1.807, 2.05) is 11.6 Å². The van der Waals surface area contributed by atoms with Crippen molar-refractivity contribution < 1.29 is 0 Å². The lowest BCUT2D eigenvalue weighted by atomic mass is 9.98. The van der Waals surface area contributed by atoms with E-state index in [0.717, 1.165) is 10.7 Å². The highest BCUT2D eigenvalue weighted by atomic mass is 32.1. The van der Waals surface area contributed by atoms with Crippen molar-refractivity contribution in [3.8, 4) is 10.7 Å². The molecule has 74 valence electrons. The number of nitrogens with zero attached hydrogens (tertiary/aromatic N) is 2. The van der Waals surface area contributed by atoms with Crippen LogP contribution in [0.4, 0.5) is 0 Å². The summed E-state index contributed by atoms with van der Waals surface area (Å²) in [5.41, 5.74) is 1.15. The Bertz CT molecular complexity index is 410. The van der Waals surface area contributed by atoms with Gasteiger partial charge in [-0.15, -0.1) is 22.7 Å². The molecule has 0 aliphatic carbocycles. The molecule has 0 amide bonds. The maximum absolute atomic E-state index is 4.59. The SMILES string of the molecule is CC(C)(C)c1nc(-c2nccs2)cs1. The number of thiazole rings is 2. The van der Waals surface area contributed by atoms with Crippen molar-refractivity contribution >= 4 is 22.7 Å². The zero-order valence-electron chi connectivity index (χ0n) is 8.44. The number of hydrogen-bond acceptors (Lipinski definition) is 4. The van der Waals surface area contributed by atoms with Crippen molar-refractivity contribution in [3.63, 3.8) is 0 Å². The quantitative estimate of drug-likeness (QED) is 0.740. The van der Waals surface area contributed by atoms with Gasteiger partial charge in [-0.2, -0.15) is 0 Å². The van der Waals surface area contributed by atoms with Crippen LogP contribution in [0.1, 0.15) is 25.8 Å². The van der Waals surface area contributed by atoms with Crippen LogP contribution >= 0.6 is 22.7 Å². The Kier molecular flexibility index (Phi) is 2.41. The van der Waals surface area contributed by atoms with Crippen LogP contribution in [-0.2, 0) is 5.41 Å². The van der Waals surface area contributed by atoms with E-state index in [4.69, 9.17) is 0 Å². The predicted octanol–water partition coefficient (Wildman–Crippen LogP) is 3.56. The lowest BCUT2D eigenvalue weighted by molar-refractivity contribution is 0.586. The Hall–Kier alpha value is -0.740. The predicted molar refractivity (Wildman–Crippen MR) is 61.9 cm³/mol. The van der Waals surface area contributed by atoms with Crippen LogP contribution in [0.5, 0.6) is 0 Å². The van der Waals surface area contributed by atoms with E-state index in [2.05, 4.69) is 36.1 Å². The second-order valence-electron chi connectivity index (χ2n) is 4.13. The minimum Gasteiger partial charge on any atom is -0.243 e. The molecule has 0 bridgehead atoms. The normalized spacial score (nSPS) is 11.9.